The summed E-state index contributed by atoms with van der Waals surface area (Å²) in [5.41, 5.74) is 1.07. The van der Waals surface area contributed by atoms with Crippen LogP contribution < -0.4 is 10.6 Å². The van der Waals surface area contributed by atoms with Crippen molar-refractivity contribution in [3.05, 3.63) is 29.8 Å². The van der Waals surface area contributed by atoms with Crippen LogP contribution in [0.25, 0.3) is 0 Å². The molecule has 0 unspecified atom stereocenters. The van der Waals surface area contributed by atoms with Gasteiger partial charge in [-0.25, -0.2) is 9.59 Å². The van der Waals surface area contributed by atoms with Gasteiger partial charge in [0, 0.05) is 31.4 Å². The predicted molar refractivity (Wildman–Crippen MR) is 100 cm³/mol. The van der Waals surface area contributed by atoms with Crippen LogP contribution in [0.1, 0.15) is 30.6 Å². The van der Waals surface area contributed by atoms with Crippen molar-refractivity contribution in [2.75, 3.05) is 45.3 Å². The van der Waals surface area contributed by atoms with Crippen LogP contribution in [0.2, 0.25) is 0 Å². The maximum atomic E-state index is 12.2. The van der Waals surface area contributed by atoms with Gasteiger partial charge in [-0.1, -0.05) is 13.8 Å². The molecule has 2 amide bonds. The van der Waals surface area contributed by atoms with E-state index in [0.29, 0.717) is 29.8 Å². The molecule has 0 saturated carbocycles. The highest BCUT2D eigenvalue weighted by Crippen LogP contribution is 2.14. The first-order valence-electron chi connectivity index (χ1n) is 9.04. The topological polar surface area (TPSA) is 79.9 Å². The van der Waals surface area contributed by atoms with E-state index in [4.69, 9.17) is 4.74 Å². The molecule has 2 N–H and O–H groups in total. The van der Waals surface area contributed by atoms with Gasteiger partial charge in [-0.3, -0.25) is 4.90 Å². The van der Waals surface area contributed by atoms with E-state index in [-0.39, 0.29) is 6.03 Å². The lowest BCUT2D eigenvalue weighted by molar-refractivity contribution is 0.0130. The number of nitrogens with one attached hydrogen (secondary N) is 2. The highest BCUT2D eigenvalue weighted by Gasteiger charge is 2.22. The summed E-state index contributed by atoms with van der Waals surface area (Å²) in [4.78, 5) is 26.0. The molecule has 26 heavy (non-hydrogen) atoms. The SMILES string of the molecule is COC(=O)c1ccc(NC(=O)NC[C@@H](CC(C)C)N2CCOCC2)cc1. The number of nitrogens with zero attached hydrogens (tertiary/aromatic N) is 1. The van der Waals surface area contributed by atoms with Gasteiger partial charge in [0.2, 0.25) is 0 Å². The van der Waals surface area contributed by atoms with Crippen LogP contribution in [0, 0.1) is 5.92 Å². The van der Waals surface area contributed by atoms with Crippen LogP contribution in [0.15, 0.2) is 24.3 Å². The predicted octanol–water partition coefficient (Wildman–Crippen LogP) is 2.34. The second-order valence-electron chi connectivity index (χ2n) is 6.84. The first-order chi connectivity index (χ1) is 12.5. The van der Waals surface area contributed by atoms with Crippen molar-refractivity contribution in [1.29, 1.82) is 0 Å². The first kappa shape index (κ1) is 20.2. The van der Waals surface area contributed by atoms with Crippen molar-refractivity contribution in [3.63, 3.8) is 0 Å². The number of hydrogen-bond donors (Lipinski definition) is 2. The van der Waals surface area contributed by atoms with E-state index in [1.54, 1.807) is 24.3 Å². The third kappa shape index (κ3) is 6.31. The fraction of sp³-hybridized carbons (Fsp3) is 0.579. The van der Waals surface area contributed by atoms with Gasteiger partial charge in [0.15, 0.2) is 0 Å². The Kier molecular flexibility index (Phi) is 7.87. The van der Waals surface area contributed by atoms with E-state index in [1.807, 2.05) is 0 Å². The minimum atomic E-state index is -0.400. The summed E-state index contributed by atoms with van der Waals surface area (Å²) in [6.07, 6.45) is 1.02. The number of methoxy groups -OCH3 is 1. The second-order valence-corrected chi connectivity index (χ2v) is 6.84. The lowest BCUT2D eigenvalue weighted by atomic mass is 10.0. The molecule has 1 fully saturated rings. The van der Waals surface area contributed by atoms with Crippen molar-refractivity contribution in [1.82, 2.24) is 10.2 Å². The van der Waals surface area contributed by atoms with Crippen LogP contribution in [-0.2, 0) is 9.47 Å². The van der Waals surface area contributed by atoms with Crippen LogP contribution in [0.4, 0.5) is 10.5 Å². The molecule has 1 aliphatic rings. The molecule has 1 aromatic carbocycles. The summed E-state index contributed by atoms with van der Waals surface area (Å²) in [6, 6.07) is 6.65. The number of benzene rings is 1. The summed E-state index contributed by atoms with van der Waals surface area (Å²) >= 11 is 0. The number of ether oxygens (including phenoxy) is 2. The van der Waals surface area contributed by atoms with Gasteiger partial charge in [0.05, 0.1) is 25.9 Å². The lowest BCUT2D eigenvalue weighted by Gasteiger charge is -2.35. The third-order valence-electron chi connectivity index (χ3n) is 4.37. The van der Waals surface area contributed by atoms with E-state index in [1.165, 1.54) is 7.11 Å². The highest BCUT2D eigenvalue weighted by molar-refractivity contribution is 5.92. The first-order valence-corrected chi connectivity index (χ1v) is 9.04. The molecule has 7 heteroatoms. The Morgan fingerprint density at radius 2 is 1.85 bits per heavy atom. The number of hydrogen-bond acceptors (Lipinski definition) is 5. The van der Waals surface area contributed by atoms with Gasteiger partial charge in [0.1, 0.15) is 0 Å². The fourth-order valence-corrected chi connectivity index (χ4v) is 3.04. The van der Waals surface area contributed by atoms with Gasteiger partial charge in [-0.15, -0.1) is 0 Å². The molecular formula is C19H29N3O4. The summed E-state index contributed by atoms with van der Waals surface area (Å²) in [5, 5.41) is 5.75. The maximum Gasteiger partial charge on any atom is 0.337 e. The number of carbonyl (C=O) groups is 2. The number of amides is 2. The smallest absolute Gasteiger partial charge is 0.337 e. The Hall–Kier alpha value is -2.12. The van der Waals surface area contributed by atoms with Gasteiger partial charge < -0.3 is 20.1 Å². The number of rotatable bonds is 7. The molecule has 0 spiro atoms. The van der Waals surface area contributed by atoms with Crippen LogP contribution >= 0.6 is 0 Å². The molecule has 7 nitrogen and oxygen atoms in total. The molecular weight excluding hydrogens is 334 g/mol. The minimum Gasteiger partial charge on any atom is -0.465 e. The second kappa shape index (κ2) is 10.1. The zero-order valence-electron chi connectivity index (χ0n) is 15.8. The van der Waals surface area contributed by atoms with Crippen LogP contribution in [0.5, 0.6) is 0 Å². The lowest BCUT2D eigenvalue weighted by Crippen LogP contribution is -2.49. The zero-order valence-corrected chi connectivity index (χ0v) is 15.8. The van der Waals surface area contributed by atoms with Crippen molar-refractivity contribution < 1.29 is 19.1 Å². The number of urea groups is 1. The monoisotopic (exact) mass is 363 g/mol. The summed E-state index contributed by atoms with van der Waals surface area (Å²) < 4.78 is 10.1. The molecule has 0 bridgehead atoms. The molecule has 144 valence electrons. The summed E-state index contributed by atoms with van der Waals surface area (Å²) in [6.45, 7) is 8.25. The van der Waals surface area contributed by atoms with Crippen LogP contribution in [0.3, 0.4) is 0 Å². The standard InChI is InChI=1S/C19H29N3O4/c1-14(2)12-17(22-8-10-26-11-9-22)13-20-19(24)21-16-6-4-15(5-7-16)18(23)25-3/h4-7,14,17H,8-13H2,1-3H3,(H2,20,21,24)/t17-/m1/s1. The third-order valence-corrected chi connectivity index (χ3v) is 4.37. The van der Waals surface area contributed by atoms with Crippen LogP contribution in [-0.4, -0.2) is 62.9 Å². The Morgan fingerprint density at radius 3 is 2.42 bits per heavy atom. The van der Waals surface area contributed by atoms with Gasteiger partial charge >= 0.3 is 12.0 Å². The van der Waals surface area contributed by atoms with E-state index >= 15 is 0 Å². The Labute approximate surface area is 155 Å². The average molecular weight is 363 g/mol. The van der Waals surface area contributed by atoms with Gasteiger partial charge in [0.25, 0.3) is 0 Å². The largest absolute Gasteiger partial charge is 0.465 e. The summed E-state index contributed by atoms with van der Waals surface area (Å²) in [7, 11) is 1.34. The fourth-order valence-electron chi connectivity index (χ4n) is 3.04. The molecule has 1 atom stereocenters. The molecule has 1 saturated heterocycles. The van der Waals surface area contributed by atoms with Gasteiger partial charge in [-0.2, -0.15) is 0 Å². The molecule has 0 aromatic heterocycles. The average Bonchev–Trinajstić information content (AvgIpc) is 2.65. The van der Waals surface area contributed by atoms with Crippen molar-refractivity contribution in [2.24, 2.45) is 5.92 Å². The number of esters is 1. The summed E-state index contributed by atoms with van der Waals surface area (Å²) in [5.74, 6) is 0.154. The van der Waals surface area contributed by atoms with Crippen molar-refractivity contribution >= 4 is 17.7 Å². The number of carbonyl (C=O) groups excluding carboxylic acids is 2. The van der Waals surface area contributed by atoms with Gasteiger partial charge in [-0.05, 0) is 36.6 Å². The molecule has 1 aliphatic heterocycles. The maximum absolute atomic E-state index is 12.2. The van der Waals surface area contributed by atoms with E-state index in [2.05, 4.69) is 34.1 Å². The molecule has 1 aromatic rings. The van der Waals surface area contributed by atoms with Crippen molar-refractivity contribution in [3.8, 4) is 0 Å². The quantitative estimate of drug-likeness (QED) is 0.727. The van der Waals surface area contributed by atoms with E-state index in [9.17, 15) is 9.59 Å². The van der Waals surface area contributed by atoms with E-state index in [0.717, 1.165) is 32.7 Å². The molecule has 1 heterocycles. The highest BCUT2D eigenvalue weighted by atomic mass is 16.5. The molecule has 2 rings (SSSR count). The molecule has 0 radical (unpaired) electrons. The Balaban J connectivity index is 1.85. The Bertz CT molecular complexity index is 583. The number of anilines is 1. The zero-order chi connectivity index (χ0) is 18.9. The van der Waals surface area contributed by atoms with Crippen molar-refractivity contribution in [2.45, 2.75) is 26.3 Å². The minimum absolute atomic E-state index is 0.252. The Morgan fingerprint density at radius 1 is 1.19 bits per heavy atom. The number of morpholine rings is 1. The van der Waals surface area contributed by atoms with E-state index < -0.39 is 5.97 Å². The normalized spacial score (nSPS) is 16.2. The molecule has 0 aliphatic carbocycles.